The third kappa shape index (κ3) is 1.37. The van der Waals surface area contributed by atoms with E-state index in [0.717, 1.165) is 6.42 Å². The summed E-state index contributed by atoms with van der Waals surface area (Å²) in [6, 6.07) is 10.1. The highest BCUT2D eigenvalue weighted by atomic mass is 79.9. The first-order valence-electron chi connectivity index (χ1n) is 4.17. The van der Waals surface area contributed by atoms with Crippen LogP contribution in [-0.2, 0) is 5.41 Å². The van der Waals surface area contributed by atoms with Crippen LogP contribution in [0.1, 0.15) is 12.0 Å². The van der Waals surface area contributed by atoms with Crippen LogP contribution in [0.2, 0.25) is 0 Å². The SMILES string of the molecule is OCC1(c2ccccc2)CC1(Br)Br. The van der Waals surface area contributed by atoms with Gasteiger partial charge in [0.05, 0.1) is 9.84 Å². The molecule has 0 amide bonds. The molecule has 1 fully saturated rings. The number of alkyl halides is 2. The normalized spacial score (nSPS) is 30.1. The Morgan fingerprint density at radius 1 is 1.23 bits per heavy atom. The van der Waals surface area contributed by atoms with Gasteiger partial charge in [0.2, 0.25) is 0 Å². The van der Waals surface area contributed by atoms with Gasteiger partial charge in [0.15, 0.2) is 0 Å². The number of halogens is 2. The molecular weight excluding hydrogens is 296 g/mol. The molecule has 1 aromatic carbocycles. The summed E-state index contributed by atoms with van der Waals surface area (Å²) in [6.07, 6.45) is 0.931. The summed E-state index contributed by atoms with van der Waals surface area (Å²) in [5.74, 6) is 0. The van der Waals surface area contributed by atoms with Crippen molar-refractivity contribution in [1.29, 1.82) is 0 Å². The minimum absolute atomic E-state index is 0.108. The van der Waals surface area contributed by atoms with Gasteiger partial charge < -0.3 is 5.11 Å². The van der Waals surface area contributed by atoms with Gasteiger partial charge in [-0.3, -0.25) is 0 Å². The van der Waals surface area contributed by atoms with E-state index in [0.29, 0.717) is 0 Å². The van der Waals surface area contributed by atoms with E-state index in [1.807, 2.05) is 18.2 Å². The zero-order chi connectivity index (χ0) is 9.53. The smallest absolute Gasteiger partial charge is 0.0934 e. The molecule has 1 atom stereocenters. The second-order valence-corrected chi connectivity index (χ2v) is 7.26. The van der Waals surface area contributed by atoms with E-state index in [2.05, 4.69) is 44.0 Å². The molecule has 1 aromatic rings. The van der Waals surface area contributed by atoms with E-state index < -0.39 is 0 Å². The van der Waals surface area contributed by atoms with Gasteiger partial charge in [-0.25, -0.2) is 0 Å². The molecule has 0 bridgehead atoms. The molecule has 0 aromatic heterocycles. The molecule has 2 rings (SSSR count). The van der Waals surface area contributed by atoms with Gasteiger partial charge in [0.1, 0.15) is 0 Å². The summed E-state index contributed by atoms with van der Waals surface area (Å²) >= 11 is 7.13. The fourth-order valence-electron chi connectivity index (χ4n) is 1.67. The van der Waals surface area contributed by atoms with E-state index in [9.17, 15) is 5.11 Å². The van der Waals surface area contributed by atoms with Gasteiger partial charge in [-0.05, 0) is 12.0 Å². The molecule has 1 N–H and O–H groups in total. The standard InChI is InChI=1S/C10H10Br2O/c11-10(12)6-9(10,7-13)8-4-2-1-3-5-8/h1-5,13H,6-7H2. The van der Waals surface area contributed by atoms with Crippen molar-refractivity contribution in [2.75, 3.05) is 6.61 Å². The first-order chi connectivity index (χ1) is 6.12. The highest BCUT2D eigenvalue weighted by Gasteiger charge is 2.65. The van der Waals surface area contributed by atoms with E-state index in [-0.39, 0.29) is 15.3 Å². The maximum absolute atomic E-state index is 9.39. The third-order valence-electron chi connectivity index (χ3n) is 2.70. The van der Waals surface area contributed by atoms with Crippen molar-refractivity contribution >= 4 is 31.9 Å². The van der Waals surface area contributed by atoms with Crippen LogP contribution in [0.3, 0.4) is 0 Å². The predicted octanol–water partition coefficient (Wildman–Crippen LogP) is 2.81. The maximum atomic E-state index is 9.39. The largest absolute Gasteiger partial charge is 0.395 e. The molecule has 0 heterocycles. The number of aliphatic hydroxyl groups excluding tert-OH is 1. The van der Waals surface area contributed by atoms with Gasteiger partial charge in [-0.1, -0.05) is 62.2 Å². The molecule has 1 unspecified atom stereocenters. The number of rotatable bonds is 2. The number of aliphatic hydroxyl groups is 1. The van der Waals surface area contributed by atoms with Crippen molar-refractivity contribution in [2.45, 2.75) is 15.1 Å². The Kier molecular flexibility index (Phi) is 2.29. The Morgan fingerprint density at radius 2 is 1.77 bits per heavy atom. The first kappa shape index (κ1) is 9.69. The fourth-order valence-corrected chi connectivity index (χ4v) is 3.33. The average molecular weight is 306 g/mol. The summed E-state index contributed by atoms with van der Waals surface area (Å²) < 4.78 is -0.108. The van der Waals surface area contributed by atoms with Crippen LogP contribution in [0, 0.1) is 0 Å². The third-order valence-corrected chi connectivity index (χ3v) is 4.77. The summed E-state index contributed by atoms with van der Waals surface area (Å²) in [5.41, 5.74) is 1.06. The highest BCUT2D eigenvalue weighted by molar-refractivity contribution is 9.25. The highest BCUT2D eigenvalue weighted by Crippen LogP contribution is 2.66. The van der Waals surface area contributed by atoms with Crippen LogP contribution in [0.4, 0.5) is 0 Å². The maximum Gasteiger partial charge on any atom is 0.0934 e. The molecule has 0 aliphatic heterocycles. The van der Waals surface area contributed by atoms with Crippen molar-refractivity contribution in [3.8, 4) is 0 Å². The molecule has 70 valence electrons. The molecule has 1 saturated carbocycles. The second kappa shape index (κ2) is 3.07. The Hall–Kier alpha value is 0.140. The van der Waals surface area contributed by atoms with Crippen LogP contribution in [0.5, 0.6) is 0 Å². The molecular formula is C10H10Br2O. The lowest BCUT2D eigenvalue weighted by atomic mass is 9.97. The lowest BCUT2D eigenvalue weighted by Gasteiger charge is -2.15. The Labute approximate surface area is 94.4 Å². The van der Waals surface area contributed by atoms with Crippen molar-refractivity contribution in [2.24, 2.45) is 0 Å². The minimum atomic E-state index is -0.131. The lowest BCUT2D eigenvalue weighted by Crippen LogP contribution is -2.18. The van der Waals surface area contributed by atoms with Crippen molar-refractivity contribution < 1.29 is 5.11 Å². The van der Waals surface area contributed by atoms with Crippen molar-refractivity contribution in [1.82, 2.24) is 0 Å². The van der Waals surface area contributed by atoms with E-state index in [1.54, 1.807) is 0 Å². The summed E-state index contributed by atoms with van der Waals surface area (Å²) in [4.78, 5) is 0. The Morgan fingerprint density at radius 3 is 2.15 bits per heavy atom. The Balaban J connectivity index is 2.37. The van der Waals surface area contributed by atoms with Gasteiger partial charge in [-0.15, -0.1) is 0 Å². The van der Waals surface area contributed by atoms with Crippen LogP contribution in [0.25, 0.3) is 0 Å². The molecule has 0 radical (unpaired) electrons. The molecule has 3 heteroatoms. The van der Waals surface area contributed by atoms with Crippen LogP contribution in [-0.4, -0.2) is 14.9 Å². The topological polar surface area (TPSA) is 20.2 Å². The van der Waals surface area contributed by atoms with Crippen molar-refractivity contribution in [3.05, 3.63) is 35.9 Å². The first-order valence-corrected chi connectivity index (χ1v) is 5.75. The number of hydrogen-bond acceptors (Lipinski definition) is 1. The molecule has 0 saturated heterocycles. The summed E-state index contributed by atoms with van der Waals surface area (Å²) in [5, 5.41) is 9.39. The average Bonchev–Trinajstić information content (AvgIpc) is 2.72. The number of hydrogen-bond donors (Lipinski definition) is 1. The summed E-state index contributed by atoms with van der Waals surface area (Å²) in [6.45, 7) is 0.174. The molecule has 1 aliphatic carbocycles. The number of benzene rings is 1. The van der Waals surface area contributed by atoms with E-state index in [1.165, 1.54) is 5.56 Å². The van der Waals surface area contributed by atoms with Gasteiger partial charge >= 0.3 is 0 Å². The van der Waals surface area contributed by atoms with E-state index in [4.69, 9.17) is 0 Å². The molecule has 0 spiro atoms. The lowest BCUT2D eigenvalue weighted by molar-refractivity contribution is 0.255. The monoisotopic (exact) mass is 304 g/mol. The predicted molar refractivity (Wildman–Crippen MR) is 60.4 cm³/mol. The van der Waals surface area contributed by atoms with Gasteiger partial charge in [-0.2, -0.15) is 0 Å². The molecule has 13 heavy (non-hydrogen) atoms. The molecule has 1 aliphatic rings. The minimum Gasteiger partial charge on any atom is -0.395 e. The molecule has 1 nitrogen and oxygen atoms in total. The van der Waals surface area contributed by atoms with E-state index >= 15 is 0 Å². The van der Waals surface area contributed by atoms with Crippen LogP contribution < -0.4 is 0 Å². The van der Waals surface area contributed by atoms with Gasteiger partial charge in [0.25, 0.3) is 0 Å². The van der Waals surface area contributed by atoms with Crippen LogP contribution >= 0.6 is 31.9 Å². The zero-order valence-corrected chi connectivity index (χ0v) is 10.2. The summed E-state index contributed by atoms with van der Waals surface area (Å²) in [7, 11) is 0. The van der Waals surface area contributed by atoms with Crippen LogP contribution in [0.15, 0.2) is 30.3 Å². The quantitative estimate of drug-likeness (QED) is 0.833. The van der Waals surface area contributed by atoms with Crippen molar-refractivity contribution in [3.63, 3.8) is 0 Å². The second-order valence-electron chi connectivity index (χ2n) is 3.49. The van der Waals surface area contributed by atoms with Gasteiger partial charge in [0, 0.05) is 5.41 Å². The zero-order valence-electron chi connectivity index (χ0n) is 7.00. The Bertz CT molecular complexity index is 310. The fraction of sp³-hybridized carbons (Fsp3) is 0.400.